The number of aliphatic carboxylic acids is 1. The molecule has 0 aromatic carbocycles. The first-order valence-electron chi connectivity index (χ1n) is 6.39. The number of carboxylic acids is 1. The van der Waals surface area contributed by atoms with Crippen LogP contribution < -0.4 is 16.4 Å². The smallest absolute Gasteiger partial charge is 0.314 e. The second-order valence-electron chi connectivity index (χ2n) is 4.87. The number of rotatable bonds is 9. The summed E-state index contributed by atoms with van der Waals surface area (Å²) in [6.45, 7) is 5.54. The molecule has 106 valence electrons. The number of urea groups is 1. The molecule has 2 amide bonds. The molecule has 1 atom stereocenters. The van der Waals surface area contributed by atoms with Gasteiger partial charge < -0.3 is 21.5 Å². The molecule has 0 saturated heterocycles. The molecule has 0 radical (unpaired) electrons. The predicted octanol–water partition coefficient (Wildman–Crippen LogP) is 0.771. The minimum absolute atomic E-state index is 0.0252. The SMILES string of the molecule is CC(C)C[C@H](CNC(=O)NCCCN)CC(=O)O. The van der Waals surface area contributed by atoms with Gasteiger partial charge in [0.25, 0.3) is 0 Å². The van der Waals surface area contributed by atoms with Crippen LogP contribution in [0.1, 0.15) is 33.1 Å². The van der Waals surface area contributed by atoms with E-state index >= 15 is 0 Å². The predicted molar refractivity (Wildman–Crippen MR) is 70.3 cm³/mol. The van der Waals surface area contributed by atoms with Gasteiger partial charge in [-0.25, -0.2) is 4.79 Å². The van der Waals surface area contributed by atoms with Crippen LogP contribution in [-0.4, -0.2) is 36.7 Å². The van der Waals surface area contributed by atoms with Crippen molar-refractivity contribution in [3.63, 3.8) is 0 Å². The van der Waals surface area contributed by atoms with Crippen LogP contribution in [0, 0.1) is 11.8 Å². The Balaban J connectivity index is 3.93. The Morgan fingerprint density at radius 3 is 2.44 bits per heavy atom. The molecule has 5 N–H and O–H groups in total. The van der Waals surface area contributed by atoms with Crippen molar-refractivity contribution in [3.8, 4) is 0 Å². The van der Waals surface area contributed by atoms with E-state index in [0.717, 1.165) is 12.8 Å². The second kappa shape index (κ2) is 9.70. The molecule has 0 aromatic heterocycles. The zero-order chi connectivity index (χ0) is 14.0. The van der Waals surface area contributed by atoms with Crippen LogP contribution in [0.25, 0.3) is 0 Å². The first kappa shape index (κ1) is 16.7. The zero-order valence-corrected chi connectivity index (χ0v) is 11.2. The molecule has 0 bridgehead atoms. The lowest BCUT2D eigenvalue weighted by Gasteiger charge is -2.18. The van der Waals surface area contributed by atoms with Gasteiger partial charge in [-0.2, -0.15) is 0 Å². The second-order valence-corrected chi connectivity index (χ2v) is 4.87. The van der Waals surface area contributed by atoms with Gasteiger partial charge in [0.15, 0.2) is 0 Å². The average Bonchev–Trinajstić information content (AvgIpc) is 2.25. The molecule has 0 aliphatic rings. The Labute approximate surface area is 108 Å². The van der Waals surface area contributed by atoms with Crippen LogP contribution in [-0.2, 0) is 4.79 Å². The summed E-state index contributed by atoms with van der Waals surface area (Å²) in [6.07, 6.45) is 1.61. The van der Waals surface area contributed by atoms with Gasteiger partial charge in [0.05, 0.1) is 0 Å². The van der Waals surface area contributed by atoms with Crippen LogP contribution in [0.2, 0.25) is 0 Å². The normalized spacial score (nSPS) is 12.2. The summed E-state index contributed by atoms with van der Waals surface area (Å²) in [5, 5.41) is 14.2. The maximum Gasteiger partial charge on any atom is 0.314 e. The molecule has 18 heavy (non-hydrogen) atoms. The summed E-state index contributed by atoms with van der Waals surface area (Å²) < 4.78 is 0. The minimum Gasteiger partial charge on any atom is -0.481 e. The largest absolute Gasteiger partial charge is 0.481 e. The third kappa shape index (κ3) is 9.89. The van der Waals surface area contributed by atoms with E-state index in [2.05, 4.69) is 10.6 Å². The zero-order valence-electron chi connectivity index (χ0n) is 11.2. The van der Waals surface area contributed by atoms with Crippen LogP contribution in [0.15, 0.2) is 0 Å². The summed E-state index contributed by atoms with van der Waals surface area (Å²) in [5.74, 6) is -0.440. The van der Waals surface area contributed by atoms with Gasteiger partial charge in [0.2, 0.25) is 0 Å². The van der Waals surface area contributed by atoms with E-state index in [1.165, 1.54) is 0 Å². The highest BCUT2D eigenvalue weighted by atomic mass is 16.4. The van der Waals surface area contributed by atoms with Crippen molar-refractivity contribution in [1.82, 2.24) is 10.6 Å². The Hall–Kier alpha value is -1.30. The van der Waals surface area contributed by atoms with Crippen molar-refractivity contribution in [2.24, 2.45) is 17.6 Å². The van der Waals surface area contributed by atoms with Crippen LogP contribution >= 0.6 is 0 Å². The van der Waals surface area contributed by atoms with E-state index in [0.29, 0.717) is 25.6 Å². The van der Waals surface area contributed by atoms with Gasteiger partial charge >= 0.3 is 12.0 Å². The molecular weight excluding hydrogens is 234 g/mol. The van der Waals surface area contributed by atoms with E-state index in [-0.39, 0.29) is 18.4 Å². The fourth-order valence-corrected chi connectivity index (χ4v) is 1.76. The Bertz CT molecular complexity index is 257. The van der Waals surface area contributed by atoms with Crippen molar-refractivity contribution >= 4 is 12.0 Å². The lowest BCUT2D eigenvalue weighted by atomic mass is 9.94. The number of nitrogens with one attached hydrogen (secondary N) is 2. The first-order valence-corrected chi connectivity index (χ1v) is 6.39. The van der Waals surface area contributed by atoms with Crippen molar-refractivity contribution < 1.29 is 14.7 Å². The first-order chi connectivity index (χ1) is 8.45. The summed E-state index contributed by atoms with van der Waals surface area (Å²) in [5.41, 5.74) is 5.31. The summed E-state index contributed by atoms with van der Waals surface area (Å²) in [7, 11) is 0. The number of amides is 2. The topological polar surface area (TPSA) is 104 Å². The maximum absolute atomic E-state index is 11.4. The minimum atomic E-state index is -0.828. The molecule has 6 heteroatoms. The lowest BCUT2D eigenvalue weighted by molar-refractivity contribution is -0.138. The van der Waals surface area contributed by atoms with Crippen LogP contribution in [0.3, 0.4) is 0 Å². The monoisotopic (exact) mass is 259 g/mol. The van der Waals surface area contributed by atoms with E-state index in [1.807, 2.05) is 13.8 Å². The van der Waals surface area contributed by atoms with Gasteiger partial charge in [-0.3, -0.25) is 4.79 Å². The van der Waals surface area contributed by atoms with Gasteiger partial charge in [-0.05, 0) is 31.2 Å². The molecule has 0 rings (SSSR count). The van der Waals surface area contributed by atoms with Crippen LogP contribution in [0.5, 0.6) is 0 Å². The third-order valence-corrected chi connectivity index (χ3v) is 2.49. The Kier molecular flexibility index (Phi) is 9.00. The summed E-state index contributed by atoms with van der Waals surface area (Å²) in [6, 6.07) is -0.261. The molecule has 0 aliphatic carbocycles. The maximum atomic E-state index is 11.4. The molecule has 0 unspecified atom stereocenters. The number of hydrogen-bond donors (Lipinski definition) is 4. The van der Waals surface area contributed by atoms with E-state index in [4.69, 9.17) is 10.8 Å². The summed E-state index contributed by atoms with van der Waals surface area (Å²) >= 11 is 0. The van der Waals surface area contributed by atoms with Crippen molar-refractivity contribution in [1.29, 1.82) is 0 Å². The molecule has 0 heterocycles. The fraction of sp³-hybridized carbons (Fsp3) is 0.833. The molecule has 0 fully saturated rings. The van der Waals surface area contributed by atoms with Crippen LogP contribution in [0.4, 0.5) is 4.79 Å². The van der Waals surface area contributed by atoms with Gasteiger partial charge in [-0.1, -0.05) is 13.8 Å². The highest BCUT2D eigenvalue weighted by molar-refractivity contribution is 5.74. The Morgan fingerprint density at radius 2 is 1.94 bits per heavy atom. The number of carbonyl (C=O) groups is 2. The molecule has 0 aromatic rings. The average molecular weight is 259 g/mol. The van der Waals surface area contributed by atoms with E-state index in [9.17, 15) is 9.59 Å². The van der Waals surface area contributed by atoms with E-state index in [1.54, 1.807) is 0 Å². The van der Waals surface area contributed by atoms with Crippen molar-refractivity contribution in [3.05, 3.63) is 0 Å². The molecular formula is C12H25N3O3. The number of hydrogen-bond acceptors (Lipinski definition) is 3. The molecule has 0 aliphatic heterocycles. The number of carboxylic acid groups (broad SMARTS) is 1. The molecule has 0 spiro atoms. The van der Waals surface area contributed by atoms with Gasteiger partial charge in [0.1, 0.15) is 0 Å². The lowest BCUT2D eigenvalue weighted by Crippen LogP contribution is -2.39. The van der Waals surface area contributed by atoms with Crippen molar-refractivity contribution in [2.75, 3.05) is 19.6 Å². The van der Waals surface area contributed by atoms with Gasteiger partial charge in [0, 0.05) is 19.5 Å². The number of carbonyl (C=O) groups excluding carboxylic acids is 1. The molecule has 0 saturated carbocycles. The fourth-order valence-electron chi connectivity index (χ4n) is 1.76. The highest BCUT2D eigenvalue weighted by Crippen LogP contribution is 2.14. The highest BCUT2D eigenvalue weighted by Gasteiger charge is 2.15. The third-order valence-electron chi connectivity index (χ3n) is 2.49. The summed E-state index contributed by atoms with van der Waals surface area (Å²) in [4.78, 5) is 22.1. The standard InChI is InChI=1S/C12H25N3O3/c1-9(2)6-10(7-11(16)17)8-15-12(18)14-5-3-4-13/h9-10H,3-8,13H2,1-2H3,(H,16,17)(H2,14,15,18)/t10-/m0/s1. The Morgan fingerprint density at radius 1 is 1.28 bits per heavy atom. The van der Waals surface area contributed by atoms with Gasteiger partial charge in [-0.15, -0.1) is 0 Å². The van der Waals surface area contributed by atoms with E-state index < -0.39 is 5.97 Å². The quantitative estimate of drug-likeness (QED) is 0.459. The van der Waals surface area contributed by atoms with Crippen molar-refractivity contribution in [2.45, 2.75) is 33.1 Å². The molecule has 6 nitrogen and oxygen atoms in total. The number of nitrogens with two attached hydrogens (primary N) is 1.